The number of nitro groups is 1. The third kappa shape index (κ3) is 4.07. The molecular formula is C21H17N3O5S. The molecule has 9 heteroatoms. The van der Waals surface area contributed by atoms with Crippen molar-refractivity contribution in [1.29, 1.82) is 0 Å². The van der Waals surface area contributed by atoms with Gasteiger partial charge < -0.3 is 9.84 Å². The first-order valence-corrected chi connectivity index (χ1v) is 10.00. The van der Waals surface area contributed by atoms with Gasteiger partial charge in [-0.1, -0.05) is 30.3 Å². The van der Waals surface area contributed by atoms with Gasteiger partial charge in [0.2, 0.25) is 0 Å². The van der Waals surface area contributed by atoms with E-state index in [0.29, 0.717) is 11.1 Å². The smallest absolute Gasteiger partial charge is 0.274 e. The van der Waals surface area contributed by atoms with Crippen LogP contribution in [0.15, 0.2) is 70.8 Å². The first-order chi connectivity index (χ1) is 14.5. The number of non-ortho nitro benzene ring substituents is 1. The highest BCUT2D eigenvalue weighted by molar-refractivity contribution is 7.13. The summed E-state index contributed by atoms with van der Waals surface area (Å²) in [7, 11) is 0. The number of aromatic nitrogens is 2. The number of ether oxygens (including phenoxy) is 1. The second-order valence-corrected chi connectivity index (χ2v) is 7.53. The van der Waals surface area contributed by atoms with Crippen molar-refractivity contribution < 1.29 is 14.8 Å². The molecule has 0 amide bonds. The SMILES string of the molecule is O=c1c2ccccc2c(-c2cccs2)nn1C[C@@H](O)COc1cccc([N+](=O)[O-])c1. The zero-order chi connectivity index (χ0) is 21.1. The third-order valence-electron chi connectivity index (χ3n) is 4.48. The van der Waals surface area contributed by atoms with E-state index in [-0.39, 0.29) is 30.1 Å². The number of aliphatic hydroxyl groups is 1. The van der Waals surface area contributed by atoms with Crippen LogP contribution >= 0.6 is 11.3 Å². The molecule has 0 bridgehead atoms. The van der Waals surface area contributed by atoms with Gasteiger partial charge in [-0.3, -0.25) is 14.9 Å². The van der Waals surface area contributed by atoms with Crippen molar-refractivity contribution in [2.75, 3.05) is 6.61 Å². The third-order valence-corrected chi connectivity index (χ3v) is 5.35. The molecule has 0 unspecified atom stereocenters. The highest BCUT2D eigenvalue weighted by Crippen LogP contribution is 2.28. The van der Waals surface area contributed by atoms with E-state index in [9.17, 15) is 20.0 Å². The quantitative estimate of drug-likeness (QED) is 0.360. The van der Waals surface area contributed by atoms with Crippen LogP contribution < -0.4 is 10.3 Å². The molecule has 0 radical (unpaired) electrons. The summed E-state index contributed by atoms with van der Waals surface area (Å²) in [5, 5.41) is 29.0. The molecule has 1 N–H and O–H groups in total. The fourth-order valence-corrected chi connectivity index (χ4v) is 3.81. The molecular weight excluding hydrogens is 406 g/mol. The Morgan fingerprint density at radius 1 is 1.13 bits per heavy atom. The van der Waals surface area contributed by atoms with Crippen LogP contribution in [-0.2, 0) is 6.54 Å². The summed E-state index contributed by atoms with van der Waals surface area (Å²) in [4.78, 5) is 24.1. The second kappa shape index (κ2) is 8.44. The Labute approximate surface area is 174 Å². The van der Waals surface area contributed by atoms with E-state index < -0.39 is 11.0 Å². The molecule has 2 heterocycles. The summed E-state index contributed by atoms with van der Waals surface area (Å²) < 4.78 is 6.70. The van der Waals surface area contributed by atoms with Crippen molar-refractivity contribution >= 4 is 27.8 Å². The van der Waals surface area contributed by atoms with Crippen molar-refractivity contribution in [3.8, 4) is 16.3 Å². The Kier molecular flexibility index (Phi) is 5.55. The number of hydrogen-bond donors (Lipinski definition) is 1. The summed E-state index contributed by atoms with van der Waals surface area (Å²) >= 11 is 1.52. The molecule has 0 spiro atoms. The molecule has 8 nitrogen and oxygen atoms in total. The predicted octanol–water partition coefficient (Wildman–Crippen LogP) is 3.47. The van der Waals surface area contributed by atoms with Gasteiger partial charge in [0, 0.05) is 11.5 Å². The van der Waals surface area contributed by atoms with Crippen LogP contribution in [-0.4, -0.2) is 32.5 Å². The van der Waals surface area contributed by atoms with Gasteiger partial charge in [-0.15, -0.1) is 11.3 Å². The summed E-state index contributed by atoms with van der Waals surface area (Å²) in [5.41, 5.74) is 0.266. The van der Waals surface area contributed by atoms with Crippen molar-refractivity contribution in [3.63, 3.8) is 0 Å². The van der Waals surface area contributed by atoms with Gasteiger partial charge in [0.05, 0.1) is 27.8 Å². The van der Waals surface area contributed by atoms with E-state index in [1.807, 2.05) is 29.6 Å². The molecule has 4 rings (SSSR count). The van der Waals surface area contributed by atoms with Gasteiger partial charge in [-0.05, 0) is 23.6 Å². The molecule has 30 heavy (non-hydrogen) atoms. The number of fused-ring (bicyclic) bond motifs is 1. The summed E-state index contributed by atoms with van der Waals surface area (Å²) in [6, 6.07) is 16.8. The molecule has 4 aromatic rings. The van der Waals surface area contributed by atoms with E-state index >= 15 is 0 Å². The van der Waals surface area contributed by atoms with Gasteiger partial charge in [0.1, 0.15) is 24.2 Å². The topological polar surface area (TPSA) is 107 Å². The van der Waals surface area contributed by atoms with Crippen LogP contribution in [0.3, 0.4) is 0 Å². The summed E-state index contributed by atoms with van der Waals surface area (Å²) in [5.74, 6) is 0.265. The standard InChI is InChI=1S/C21H17N3O5S/c25-15(13-29-16-6-3-5-14(11-16)24(27)28)12-23-21(26)18-8-2-1-7-17(18)20(22-23)19-9-4-10-30-19/h1-11,15,25H,12-13H2/t15-/m1/s1. The number of thiophene rings is 1. The van der Waals surface area contributed by atoms with Crippen LogP contribution in [0.1, 0.15) is 0 Å². The van der Waals surface area contributed by atoms with Crippen molar-refractivity contribution in [1.82, 2.24) is 9.78 Å². The number of aliphatic hydroxyl groups excluding tert-OH is 1. The van der Waals surface area contributed by atoms with Gasteiger partial charge >= 0.3 is 0 Å². The van der Waals surface area contributed by atoms with E-state index in [2.05, 4.69) is 5.10 Å². The number of rotatable bonds is 7. The number of hydrogen-bond acceptors (Lipinski definition) is 7. The van der Waals surface area contributed by atoms with Crippen molar-refractivity contribution in [2.45, 2.75) is 12.6 Å². The lowest BCUT2D eigenvalue weighted by atomic mass is 10.1. The predicted molar refractivity (Wildman–Crippen MR) is 114 cm³/mol. The molecule has 0 aliphatic carbocycles. The maximum absolute atomic E-state index is 12.9. The van der Waals surface area contributed by atoms with Gasteiger partial charge in [0.15, 0.2) is 0 Å². The van der Waals surface area contributed by atoms with E-state index in [1.165, 1.54) is 34.2 Å². The second-order valence-electron chi connectivity index (χ2n) is 6.58. The van der Waals surface area contributed by atoms with Crippen LogP contribution in [0, 0.1) is 10.1 Å². The van der Waals surface area contributed by atoms with Gasteiger partial charge in [-0.2, -0.15) is 5.10 Å². The number of benzene rings is 2. The van der Waals surface area contributed by atoms with Crippen LogP contribution in [0.25, 0.3) is 21.3 Å². The zero-order valence-electron chi connectivity index (χ0n) is 15.7. The lowest BCUT2D eigenvalue weighted by molar-refractivity contribution is -0.384. The fourth-order valence-electron chi connectivity index (χ4n) is 3.09. The molecule has 0 fully saturated rings. The van der Waals surface area contributed by atoms with Crippen molar-refractivity contribution in [2.24, 2.45) is 0 Å². The molecule has 0 aliphatic heterocycles. The fraction of sp³-hybridized carbons (Fsp3) is 0.143. The van der Waals surface area contributed by atoms with Crippen LogP contribution in [0.4, 0.5) is 5.69 Å². The van der Waals surface area contributed by atoms with E-state index in [4.69, 9.17) is 4.74 Å². The molecule has 2 aromatic heterocycles. The van der Waals surface area contributed by atoms with Gasteiger partial charge in [-0.25, -0.2) is 4.68 Å². The van der Waals surface area contributed by atoms with E-state index in [1.54, 1.807) is 18.2 Å². The molecule has 0 saturated carbocycles. The van der Waals surface area contributed by atoms with Crippen LogP contribution in [0.5, 0.6) is 5.75 Å². The zero-order valence-corrected chi connectivity index (χ0v) is 16.5. The Balaban J connectivity index is 1.58. The van der Waals surface area contributed by atoms with E-state index in [0.717, 1.165) is 10.3 Å². The Morgan fingerprint density at radius 3 is 2.67 bits per heavy atom. The number of nitrogens with zero attached hydrogens (tertiary/aromatic N) is 3. The Bertz CT molecular complexity index is 1250. The summed E-state index contributed by atoms with van der Waals surface area (Å²) in [6.45, 7) is -0.215. The van der Waals surface area contributed by atoms with Gasteiger partial charge in [0.25, 0.3) is 11.2 Å². The summed E-state index contributed by atoms with van der Waals surface area (Å²) in [6.07, 6.45) is -1.04. The normalized spacial score (nSPS) is 12.0. The lowest BCUT2D eigenvalue weighted by Gasteiger charge is -2.15. The lowest BCUT2D eigenvalue weighted by Crippen LogP contribution is -2.32. The molecule has 0 saturated heterocycles. The highest BCUT2D eigenvalue weighted by atomic mass is 32.1. The average molecular weight is 423 g/mol. The average Bonchev–Trinajstić information content (AvgIpc) is 3.29. The Morgan fingerprint density at radius 2 is 1.93 bits per heavy atom. The first kappa shape index (κ1) is 19.7. The largest absolute Gasteiger partial charge is 0.491 e. The molecule has 152 valence electrons. The first-order valence-electron chi connectivity index (χ1n) is 9.12. The maximum Gasteiger partial charge on any atom is 0.274 e. The minimum Gasteiger partial charge on any atom is -0.491 e. The number of nitro benzene ring substituents is 1. The molecule has 2 aromatic carbocycles. The monoisotopic (exact) mass is 423 g/mol. The minimum atomic E-state index is -1.04. The Hall–Kier alpha value is -3.56. The molecule has 0 aliphatic rings. The highest BCUT2D eigenvalue weighted by Gasteiger charge is 2.16. The molecule has 1 atom stereocenters. The maximum atomic E-state index is 12.9. The van der Waals surface area contributed by atoms with Crippen LogP contribution in [0.2, 0.25) is 0 Å². The van der Waals surface area contributed by atoms with Crippen molar-refractivity contribution in [3.05, 3.63) is 86.5 Å². The minimum absolute atomic E-state index is 0.0725.